The number of ether oxygens (including phenoxy) is 3. The van der Waals surface area contributed by atoms with Crippen LogP contribution in [0.5, 0.6) is 34.5 Å². The van der Waals surface area contributed by atoms with Crippen molar-refractivity contribution in [1.82, 2.24) is 0 Å². The Morgan fingerprint density at radius 3 is 0.875 bits per heavy atom. The number of hydrogen-bond donors (Lipinski definition) is 3. The van der Waals surface area contributed by atoms with Crippen molar-refractivity contribution >= 4 is 68.0 Å². The van der Waals surface area contributed by atoms with Crippen molar-refractivity contribution in [1.29, 1.82) is 0 Å². The number of aromatic hydroxyl groups is 3. The van der Waals surface area contributed by atoms with Gasteiger partial charge in [0, 0.05) is 35.3 Å². The molecule has 10 aromatic rings. The predicted molar refractivity (Wildman–Crippen MR) is 292 cm³/mol. The van der Waals surface area contributed by atoms with Gasteiger partial charge in [0.15, 0.2) is 0 Å². The van der Waals surface area contributed by atoms with Crippen molar-refractivity contribution in [2.45, 2.75) is 40.6 Å². The van der Waals surface area contributed by atoms with E-state index in [2.05, 4.69) is 35.7 Å². The summed E-state index contributed by atoms with van der Waals surface area (Å²) in [5, 5.41) is 37.8. The molecule has 0 aliphatic carbocycles. The molecule has 0 aromatic heterocycles. The monoisotopic (exact) mass is 945 g/mol. The number of phenolic OH excluding ortho intramolecular Hbond substituents is 3. The van der Waals surface area contributed by atoms with Gasteiger partial charge in [-0.1, -0.05) is 91.0 Å². The number of nitrogens with zero attached hydrogens (tertiary/aromatic N) is 3. The van der Waals surface area contributed by atoms with Crippen molar-refractivity contribution in [3.8, 4) is 34.5 Å². The van der Waals surface area contributed by atoms with E-state index in [-0.39, 0.29) is 17.2 Å². The fourth-order valence-corrected chi connectivity index (χ4v) is 9.07. The Kier molecular flexibility index (Phi) is 13.4. The molecule has 10 aromatic carbocycles. The molecule has 9 heteroatoms. The normalized spacial score (nSPS) is 11.7. The van der Waals surface area contributed by atoms with Gasteiger partial charge in [0.05, 0.1) is 17.1 Å². The van der Waals surface area contributed by atoms with Crippen LogP contribution in [0.1, 0.15) is 50.1 Å². The first-order valence-electron chi connectivity index (χ1n) is 23.7. The zero-order valence-electron chi connectivity index (χ0n) is 40.1. The van der Waals surface area contributed by atoms with Crippen LogP contribution in [0.3, 0.4) is 0 Å². The highest BCUT2D eigenvalue weighted by molar-refractivity contribution is 6.05. The molecule has 0 aliphatic rings. The molecular formula is C63H51N3O6. The van der Waals surface area contributed by atoms with Crippen LogP contribution in [0.4, 0.5) is 17.1 Å². The summed E-state index contributed by atoms with van der Waals surface area (Å²) < 4.78 is 19.5. The average Bonchev–Trinajstić information content (AvgIpc) is 3.41. The minimum absolute atomic E-state index is 0.174. The Balaban J connectivity index is 0.875. The minimum Gasteiger partial charge on any atom is -0.507 e. The fourth-order valence-electron chi connectivity index (χ4n) is 9.07. The minimum atomic E-state index is 0.174. The van der Waals surface area contributed by atoms with E-state index in [0.717, 1.165) is 82.8 Å². The first-order chi connectivity index (χ1) is 35.2. The second-order valence-electron chi connectivity index (χ2n) is 17.6. The Labute approximate surface area is 418 Å². The molecule has 9 nitrogen and oxygen atoms in total. The third kappa shape index (κ3) is 10.1. The van der Waals surface area contributed by atoms with Gasteiger partial charge in [-0.15, -0.1) is 0 Å². The molecule has 0 bridgehead atoms. The van der Waals surface area contributed by atoms with Gasteiger partial charge in [0.2, 0.25) is 0 Å². The van der Waals surface area contributed by atoms with Crippen molar-refractivity contribution in [2.75, 3.05) is 0 Å². The number of hydrogen-bond acceptors (Lipinski definition) is 9. The first-order valence-corrected chi connectivity index (χ1v) is 23.7. The predicted octanol–water partition coefficient (Wildman–Crippen LogP) is 15.2. The van der Waals surface area contributed by atoms with Crippen molar-refractivity contribution in [2.24, 2.45) is 15.0 Å². The number of phenols is 3. The van der Waals surface area contributed by atoms with Crippen LogP contribution >= 0.6 is 0 Å². The maximum absolute atomic E-state index is 10.6. The van der Waals surface area contributed by atoms with Gasteiger partial charge in [-0.3, -0.25) is 15.0 Å². The van der Waals surface area contributed by atoms with Gasteiger partial charge >= 0.3 is 0 Å². The third-order valence-electron chi connectivity index (χ3n) is 13.2. The maximum atomic E-state index is 10.6. The molecule has 3 N–H and O–H groups in total. The van der Waals surface area contributed by atoms with Gasteiger partial charge in [-0.25, -0.2) is 0 Å². The van der Waals surface area contributed by atoms with Crippen LogP contribution in [0, 0.1) is 20.8 Å². The van der Waals surface area contributed by atoms with Crippen molar-refractivity contribution < 1.29 is 29.5 Å². The summed E-state index contributed by atoms with van der Waals surface area (Å²) in [5.41, 5.74) is 10.5. The van der Waals surface area contributed by atoms with E-state index in [1.807, 2.05) is 164 Å². The largest absolute Gasteiger partial charge is 0.507 e. The molecule has 0 saturated carbocycles. The van der Waals surface area contributed by atoms with Crippen molar-refractivity contribution in [3.05, 3.63) is 232 Å². The molecule has 0 atom stereocenters. The first kappa shape index (κ1) is 46.5. The van der Waals surface area contributed by atoms with Crippen LogP contribution in [0.15, 0.2) is 197 Å². The molecule has 0 amide bonds. The van der Waals surface area contributed by atoms with Gasteiger partial charge < -0.3 is 29.5 Å². The van der Waals surface area contributed by atoms with E-state index in [1.165, 1.54) is 0 Å². The molecule has 0 saturated heterocycles. The number of aliphatic imine (C=N–C) groups is 3. The molecule has 354 valence electrons. The standard InChI is InChI=1S/C63H51N3O6/c1-40-58(37-70-49-25-19-46(20-26-49)64-34-55-52-13-7-4-10-43(52)16-31-61(55)67)41(2)60(39-72-51-29-23-48(24-30-51)66-36-57-54-15-9-6-12-45(54)18-33-63(57)69)42(3)59(40)38-71-50-27-21-47(22-28-50)65-35-56-53-14-8-5-11-44(53)17-32-62(56)68/h4-36,67-69H,37-39H2,1-3H3. The Morgan fingerprint density at radius 2 is 0.597 bits per heavy atom. The SMILES string of the molecule is Cc1c(COc2ccc(N=Cc3c(O)ccc4ccccc34)cc2)c(C)c(COc2ccc(N=Cc3c(O)ccc4ccccc34)cc2)c(C)c1COc1ccc(N=Cc2c(O)ccc3ccccc23)cc1. The summed E-state index contributed by atoms with van der Waals surface area (Å²) in [6.45, 7) is 7.26. The number of fused-ring (bicyclic) bond motifs is 3. The zero-order chi connectivity index (χ0) is 49.6. The lowest BCUT2D eigenvalue weighted by Gasteiger charge is -2.23. The summed E-state index contributed by atoms with van der Waals surface area (Å²) in [5.74, 6) is 2.59. The molecule has 0 unspecified atom stereocenters. The summed E-state index contributed by atoms with van der Waals surface area (Å²) in [6, 6.07) is 57.3. The summed E-state index contributed by atoms with van der Waals surface area (Å²) in [6.07, 6.45) is 5.10. The lowest BCUT2D eigenvalue weighted by molar-refractivity contribution is 0.290. The topological polar surface area (TPSA) is 125 Å². The molecule has 0 fully saturated rings. The van der Waals surface area contributed by atoms with Crippen LogP contribution < -0.4 is 14.2 Å². The van der Waals surface area contributed by atoms with E-state index >= 15 is 0 Å². The van der Waals surface area contributed by atoms with Crippen LogP contribution in [-0.2, 0) is 19.8 Å². The van der Waals surface area contributed by atoms with E-state index in [1.54, 1.807) is 36.8 Å². The fraction of sp³-hybridized carbons (Fsp3) is 0.0952. The molecular weight excluding hydrogens is 895 g/mol. The highest BCUT2D eigenvalue weighted by Gasteiger charge is 2.19. The smallest absolute Gasteiger partial charge is 0.124 e. The summed E-state index contributed by atoms with van der Waals surface area (Å²) in [7, 11) is 0. The lowest BCUT2D eigenvalue weighted by atomic mass is 9.89. The Morgan fingerprint density at radius 1 is 0.333 bits per heavy atom. The van der Waals surface area contributed by atoms with Gasteiger partial charge in [-0.05, 0) is 177 Å². The summed E-state index contributed by atoms with van der Waals surface area (Å²) in [4.78, 5) is 14.0. The van der Waals surface area contributed by atoms with Crippen LogP contribution in [0.2, 0.25) is 0 Å². The quantitative estimate of drug-likeness (QED) is 0.0879. The van der Waals surface area contributed by atoms with E-state index < -0.39 is 0 Å². The highest BCUT2D eigenvalue weighted by atomic mass is 16.5. The number of benzene rings is 10. The Hall–Kier alpha value is -9.21. The molecule has 0 aliphatic heterocycles. The molecule has 0 radical (unpaired) electrons. The van der Waals surface area contributed by atoms with Gasteiger partial charge in [-0.2, -0.15) is 0 Å². The number of rotatable bonds is 15. The second-order valence-corrected chi connectivity index (χ2v) is 17.6. The molecule has 10 rings (SSSR count). The maximum Gasteiger partial charge on any atom is 0.124 e. The van der Waals surface area contributed by atoms with E-state index in [0.29, 0.717) is 53.8 Å². The average molecular weight is 946 g/mol. The molecule has 0 spiro atoms. The Bertz CT molecular complexity index is 3290. The lowest BCUT2D eigenvalue weighted by Crippen LogP contribution is -2.13. The summed E-state index contributed by atoms with van der Waals surface area (Å²) >= 11 is 0. The van der Waals surface area contributed by atoms with Gasteiger partial charge in [0.25, 0.3) is 0 Å². The highest BCUT2D eigenvalue weighted by Crippen LogP contribution is 2.34. The third-order valence-corrected chi connectivity index (χ3v) is 13.2. The van der Waals surface area contributed by atoms with Crippen LogP contribution in [-0.4, -0.2) is 34.0 Å². The van der Waals surface area contributed by atoms with Gasteiger partial charge in [0.1, 0.15) is 54.3 Å². The molecule has 0 heterocycles. The molecule has 72 heavy (non-hydrogen) atoms. The second kappa shape index (κ2) is 20.8. The zero-order valence-corrected chi connectivity index (χ0v) is 40.1. The van der Waals surface area contributed by atoms with Crippen molar-refractivity contribution in [3.63, 3.8) is 0 Å². The van der Waals surface area contributed by atoms with E-state index in [9.17, 15) is 15.3 Å². The van der Waals surface area contributed by atoms with E-state index in [4.69, 9.17) is 14.2 Å². The van der Waals surface area contributed by atoms with Crippen LogP contribution in [0.25, 0.3) is 32.3 Å².